The van der Waals surface area contributed by atoms with Crippen molar-refractivity contribution in [2.24, 2.45) is 0 Å². The molecule has 1 saturated heterocycles. The molecule has 1 fully saturated rings. The van der Waals surface area contributed by atoms with Gasteiger partial charge in [-0.05, 0) is 36.8 Å². The Balaban J connectivity index is 1.54. The van der Waals surface area contributed by atoms with Crippen LogP contribution in [0, 0.1) is 0 Å². The van der Waals surface area contributed by atoms with Crippen LogP contribution in [0.25, 0.3) is 0 Å². The number of hydrogen-bond donors (Lipinski definition) is 0. The Bertz CT molecular complexity index is 767. The highest BCUT2D eigenvalue weighted by Crippen LogP contribution is 2.15. The third-order valence-electron chi connectivity index (χ3n) is 4.31. The first-order chi connectivity index (χ1) is 12.6. The van der Waals surface area contributed by atoms with E-state index in [1.54, 1.807) is 34.1 Å². The van der Waals surface area contributed by atoms with Gasteiger partial charge in [-0.25, -0.2) is 0 Å². The second-order valence-corrected chi connectivity index (χ2v) is 6.58. The van der Waals surface area contributed by atoms with Crippen molar-refractivity contribution in [1.29, 1.82) is 0 Å². The van der Waals surface area contributed by atoms with Gasteiger partial charge in [0.1, 0.15) is 5.75 Å². The van der Waals surface area contributed by atoms with Gasteiger partial charge in [-0.3, -0.25) is 9.59 Å². The number of nitrogens with zero attached hydrogens (tertiary/aromatic N) is 2. The van der Waals surface area contributed by atoms with Crippen molar-refractivity contribution in [2.45, 2.75) is 6.42 Å². The maximum absolute atomic E-state index is 12.6. The number of para-hydroxylation sites is 1. The van der Waals surface area contributed by atoms with Crippen LogP contribution in [0.3, 0.4) is 0 Å². The van der Waals surface area contributed by atoms with Crippen molar-refractivity contribution in [3.63, 3.8) is 0 Å². The Morgan fingerprint density at radius 3 is 2.42 bits per heavy atom. The van der Waals surface area contributed by atoms with Crippen LogP contribution in [-0.4, -0.2) is 54.4 Å². The lowest BCUT2D eigenvalue weighted by molar-refractivity contribution is -0.133. The van der Waals surface area contributed by atoms with Gasteiger partial charge in [0.15, 0.2) is 6.61 Å². The van der Waals surface area contributed by atoms with Crippen LogP contribution in [0.1, 0.15) is 16.8 Å². The van der Waals surface area contributed by atoms with Crippen molar-refractivity contribution in [3.8, 4) is 5.75 Å². The first-order valence-electron chi connectivity index (χ1n) is 8.64. The van der Waals surface area contributed by atoms with Gasteiger partial charge in [0.25, 0.3) is 11.8 Å². The van der Waals surface area contributed by atoms with Crippen LogP contribution in [-0.2, 0) is 4.79 Å². The second-order valence-electron chi connectivity index (χ2n) is 6.14. The Kier molecular flexibility index (Phi) is 6.12. The monoisotopic (exact) mass is 372 g/mol. The van der Waals surface area contributed by atoms with Crippen LogP contribution in [0.15, 0.2) is 54.6 Å². The molecular formula is C20H21ClN2O3. The largest absolute Gasteiger partial charge is 0.484 e. The molecule has 0 aromatic heterocycles. The van der Waals surface area contributed by atoms with E-state index in [2.05, 4.69) is 0 Å². The molecule has 5 nitrogen and oxygen atoms in total. The molecule has 2 aromatic rings. The molecule has 0 atom stereocenters. The molecule has 6 heteroatoms. The third-order valence-corrected chi connectivity index (χ3v) is 4.55. The van der Waals surface area contributed by atoms with Crippen LogP contribution in [0.5, 0.6) is 5.75 Å². The average molecular weight is 373 g/mol. The summed E-state index contributed by atoms with van der Waals surface area (Å²) in [4.78, 5) is 28.6. The zero-order chi connectivity index (χ0) is 18.4. The van der Waals surface area contributed by atoms with E-state index in [9.17, 15) is 9.59 Å². The van der Waals surface area contributed by atoms with Gasteiger partial charge in [-0.15, -0.1) is 0 Å². The fraction of sp³-hybridized carbons (Fsp3) is 0.300. The van der Waals surface area contributed by atoms with Crippen LogP contribution in [0.2, 0.25) is 5.02 Å². The number of halogens is 1. The summed E-state index contributed by atoms with van der Waals surface area (Å²) in [7, 11) is 0. The molecule has 0 bridgehead atoms. The summed E-state index contributed by atoms with van der Waals surface area (Å²) < 4.78 is 5.53. The van der Waals surface area contributed by atoms with Crippen LogP contribution in [0.4, 0.5) is 0 Å². The first kappa shape index (κ1) is 18.3. The topological polar surface area (TPSA) is 49.9 Å². The van der Waals surface area contributed by atoms with Crippen molar-refractivity contribution < 1.29 is 14.3 Å². The average Bonchev–Trinajstić information content (AvgIpc) is 2.92. The molecule has 1 aliphatic heterocycles. The number of amides is 2. The standard InChI is InChI=1S/C20H21ClN2O3/c21-17-7-4-6-16(14-17)20(25)23-11-5-10-22(12-13-23)19(24)15-26-18-8-2-1-3-9-18/h1-4,6-9,14H,5,10-13,15H2. The zero-order valence-electron chi connectivity index (χ0n) is 14.4. The molecule has 136 valence electrons. The fourth-order valence-corrected chi connectivity index (χ4v) is 3.12. The number of benzene rings is 2. The lowest BCUT2D eigenvalue weighted by Gasteiger charge is -2.22. The van der Waals surface area contributed by atoms with Crippen molar-refractivity contribution >= 4 is 23.4 Å². The minimum absolute atomic E-state index is 0.00620. The Labute approximate surface area is 158 Å². The molecule has 0 aliphatic carbocycles. The summed E-state index contributed by atoms with van der Waals surface area (Å²) in [5.41, 5.74) is 0.574. The van der Waals surface area contributed by atoms with Gasteiger partial charge in [0.05, 0.1) is 0 Å². The summed E-state index contributed by atoms with van der Waals surface area (Å²) in [5, 5.41) is 0.542. The van der Waals surface area contributed by atoms with E-state index in [0.29, 0.717) is 42.5 Å². The van der Waals surface area contributed by atoms with E-state index >= 15 is 0 Å². The summed E-state index contributed by atoms with van der Waals surface area (Å²) in [6.07, 6.45) is 0.739. The maximum Gasteiger partial charge on any atom is 0.260 e. The van der Waals surface area contributed by atoms with Gasteiger partial charge in [0.2, 0.25) is 0 Å². The van der Waals surface area contributed by atoms with E-state index in [1.165, 1.54) is 0 Å². The molecule has 2 amide bonds. The molecule has 0 radical (unpaired) electrons. The Morgan fingerprint density at radius 2 is 1.65 bits per heavy atom. The van der Waals surface area contributed by atoms with Gasteiger partial charge in [-0.2, -0.15) is 0 Å². The van der Waals surface area contributed by atoms with Crippen molar-refractivity contribution in [1.82, 2.24) is 9.80 Å². The Morgan fingerprint density at radius 1 is 0.923 bits per heavy atom. The predicted octanol–water partition coefficient (Wildman–Crippen LogP) is 3.09. The number of carbonyl (C=O) groups is 2. The van der Waals surface area contributed by atoms with Crippen molar-refractivity contribution in [3.05, 3.63) is 65.2 Å². The zero-order valence-corrected chi connectivity index (χ0v) is 15.2. The summed E-state index contributed by atoms with van der Waals surface area (Å²) >= 11 is 5.97. The molecule has 0 saturated carbocycles. The van der Waals surface area contributed by atoms with E-state index in [0.717, 1.165) is 6.42 Å². The lowest BCUT2D eigenvalue weighted by Crippen LogP contribution is -2.39. The van der Waals surface area contributed by atoms with E-state index in [4.69, 9.17) is 16.3 Å². The second kappa shape index (κ2) is 8.72. The smallest absolute Gasteiger partial charge is 0.260 e. The van der Waals surface area contributed by atoms with E-state index in [1.807, 2.05) is 30.3 Å². The molecule has 1 aliphatic rings. The van der Waals surface area contributed by atoms with Crippen LogP contribution >= 0.6 is 11.6 Å². The number of carbonyl (C=O) groups excluding carboxylic acids is 2. The number of rotatable bonds is 4. The van der Waals surface area contributed by atoms with E-state index in [-0.39, 0.29) is 18.4 Å². The third kappa shape index (κ3) is 4.76. The molecule has 0 unspecified atom stereocenters. The summed E-state index contributed by atoms with van der Waals surface area (Å²) in [5.74, 6) is 0.557. The molecule has 0 N–H and O–H groups in total. The van der Waals surface area contributed by atoms with Crippen LogP contribution < -0.4 is 4.74 Å². The summed E-state index contributed by atoms with van der Waals surface area (Å²) in [6.45, 7) is 2.25. The van der Waals surface area contributed by atoms with Gasteiger partial charge >= 0.3 is 0 Å². The molecule has 0 spiro atoms. The fourth-order valence-electron chi connectivity index (χ4n) is 2.93. The molecule has 1 heterocycles. The minimum atomic E-state index is -0.0640. The Hall–Kier alpha value is -2.53. The minimum Gasteiger partial charge on any atom is -0.484 e. The number of ether oxygens (including phenoxy) is 1. The first-order valence-corrected chi connectivity index (χ1v) is 9.02. The molecule has 2 aromatic carbocycles. The maximum atomic E-state index is 12.6. The number of hydrogen-bond acceptors (Lipinski definition) is 3. The molecule has 3 rings (SSSR count). The highest BCUT2D eigenvalue weighted by molar-refractivity contribution is 6.30. The lowest BCUT2D eigenvalue weighted by atomic mass is 10.2. The van der Waals surface area contributed by atoms with E-state index < -0.39 is 0 Å². The highest BCUT2D eigenvalue weighted by Gasteiger charge is 2.23. The highest BCUT2D eigenvalue weighted by atomic mass is 35.5. The normalized spacial score (nSPS) is 14.7. The summed E-state index contributed by atoms with van der Waals surface area (Å²) in [6, 6.07) is 16.2. The van der Waals surface area contributed by atoms with Gasteiger partial charge < -0.3 is 14.5 Å². The quantitative estimate of drug-likeness (QED) is 0.828. The molecule has 26 heavy (non-hydrogen) atoms. The van der Waals surface area contributed by atoms with Gasteiger partial charge in [-0.1, -0.05) is 35.9 Å². The molecular weight excluding hydrogens is 352 g/mol. The SMILES string of the molecule is O=C(COc1ccccc1)N1CCCN(C(=O)c2cccc(Cl)c2)CC1. The van der Waals surface area contributed by atoms with Crippen molar-refractivity contribution in [2.75, 3.05) is 32.8 Å². The van der Waals surface area contributed by atoms with Gasteiger partial charge in [0, 0.05) is 36.8 Å². The predicted molar refractivity (Wildman–Crippen MR) is 100 cm³/mol.